The van der Waals surface area contributed by atoms with Gasteiger partial charge in [0, 0.05) is 29.5 Å². The van der Waals surface area contributed by atoms with E-state index in [-0.39, 0.29) is 5.82 Å². The highest BCUT2D eigenvalue weighted by Gasteiger charge is 2.31. The van der Waals surface area contributed by atoms with E-state index >= 15 is 0 Å². The molecule has 0 aliphatic carbocycles. The third-order valence-corrected chi connectivity index (χ3v) is 2.74. The molecule has 4 nitrogen and oxygen atoms in total. The summed E-state index contributed by atoms with van der Waals surface area (Å²) in [6.45, 7) is 0. The number of alkyl halides is 3. The van der Waals surface area contributed by atoms with E-state index in [1.54, 1.807) is 24.4 Å². The minimum atomic E-state index is -4.44. The van der Waals surface area contributed by atoms with Gasteiger partial charge in [0.2, 0.25) is 0 Å². The minimum Gasteiger partial charge on any atom is -0.244 e. The Kier molecular flexibility index (Phi) is 2.81. The van der Waals surface area contributed by atoms with Crippen molar-refractivity contribution < 1.29 is 13.2 Å². The zero-order valence-corrected chi connectivity index (χ0v) is 9.96. The van der Waals surface area contributed by atoms with E-state index in [0.717, 1.165) is 17.8 Å². The molecule has 2 heterocycles. The smallest absolute Gasteiger partial charge is 0.244 e. The van der Waals surface area contributed by atoms with Crippen molar-refractivity contribution in [1.82, 2.24) is 19.9 Å². The molecule has 0 radical (unpaired) electrons. The van der Waals surface area contributed by atoms with Gasteiger partial charge in [-0.15, -0.1) is 0 Å². The first-order valence-corrected chi connectivity index (χ1v) is 5.63. The molecule has 0 aliphatic rings. The monoisotopic (exact) mass is 276 g/mol. The number of hydrogen-bond acceptors (Lipinski definition) is 4. The fraction of sp³-hybridized carbons (Fsp3) is 0.0769. The van der Waals surface area contributed by atoms with Crippen LogP contribution < -0.4 is 0 Å². The van der Waals surface area contributed by atoms with E-state index in [0.29, 0.717) is 11.1 Å². The van der Waals surface area contributed by atoms with Crippen molar-refractivity contribution in [3.8, 4) is 11.4 Å². The number of rotatable bonds is 1. The Morgan fingerprint density at radius 3 is 2.35 bits per heavy atom. The van der Waals surface area contributed by atoms with Gasteiger partial charge in [-0.1, -0.05) is 12.1 Å². The SMILES string of the molecule is FC(F)(F)c1cnc(-c2ccc3cncnc3c2)nc1. The van der Waals surface area contributed by atoms with Crippen molar-refractivity contribution in [3.63, 3.8) is 0 Å². The zero-order chi connectivity index (χ0) is 14.2. The maximum absolute atomic E-state index is 12.4. The summed E-state index contributed by atoms with van der Waals surface area (Å²) in [6.07, 6.45) is 0.160. The van der Waals surface area contributed by atoms with Gasteiger partial charge in [-0.2, -0.15) is 13.2 Å². The van der Waals surface area contributed by atoms with Crippen molar-refractivity contribution in [3.05, 3.63) is 48.7 Å². The van der Waals surface area contributed by atoms with Crippen molar-refractivity contribution >= 4 is 10.9 Å². The van der Waals surface area contributed by atoms with Crippen molar-refractivity contribution in [2.75, 3.05) is 0 Å². The van der Waals surface area contributed by atoms with Crippen LogP contribution in [-0.4, -0.2) is 19.9 Å². The Labute approximate surface area is 111 Å². The van der Waals surface area contributed by atoms with Crippen LogP contribution in [0.1, 0.15) is 5.56 Å². The fourth-order valence-electron chi connectivity index (χ4n) is 1.74. The van der Waals surface area contributed by atoms with Gasteiger partial charge in [-0.3, -0.25) is 0 Å². The lowest BCUT2D eigenvalue weighted by Crippen LogP contribution is -2.06. The lowest BCUT2D eigenvalue weighted by atomic mass is 10.1. The van der Waals surface area contributed by atoms with Gasteiger partial charge in [0.1, 0.15) is 6.33 Å². The molecule has 20 heavy (non-hydrogen) atoms. The average Bonchev–Trinajstić information content (AvgIpc) is 2.46. The van der Waals surface area contributed by atoms with Crippen molar-refractivity contribution in [2.45, 2.75) is 6.18 Å². The number of benzene rings is 1. The lowest BCUT2D eigenvalue weighted by molar-refractivity contribution is -0.138. The van der Waals surface area contributed by atoms with Gasteiger partial charge in [0.05, 0.1) is 11.1 Å². The van der Waals surface area contributed by atoms with Crippen LogP contribution in [-0.2, 0) is 6.18 Å². The molecule has 0 fully saturated rings. The Balaban J connectivity index is 2.02. The minimum absolute atomic E-state index is 0.221. The van der Waals surface area contributed by atoms with Crippen LogP contribution in [0.3, 0.4) is 0 Å². The van der Waals surface area contributed by atoms with Crippen LogP contribution in [0.25, 0.3) is 22.3 Å². The van der Waals surface area contributed by atoms with Crippen LogP contribution >= 0.6 is 0 Å². The molecule has 1 aromatic carbocycles. The zero-order valence-electron chi connectivity index (χ0n) is 9.96. The van der Waals surface area contributed by atoms with Crippen LogP contribution in [0.4, 0.5) is 13.2 Å². The lowest BCUT2D eigenvalue weighted by Gasteiger charge is -2.06. The predicted octanol–water partition coefficient (Wildman–Crippen LogP) is 3.11. The van der Waals surface area contributed by atoms with E-state index in [4.69, 9.17) is 0 Å². The molecule has 0 bridgehead atoms. The summed E-state index contributed by atoms with van der Waals surface area (Å²) < 4.78 is 37.3. The molecular formula is C13H7F3N4. The van der Waals surface area contributed by atoms with Crippen LogP contribution in [0, 0.1) is 0 Å². The maximum Gasteiger partial charge on any atom is 0.419 e. The highest BCUT2D eigenvalue weighted by Crippen LogP contribution is 2.28. The first-order valence-electron chi connectivity index (χ1n) is 5.63. The first kappa shape index (κ1) is 12.5. The third kappa shape index (κ3) is 2.29. The summed E-state index contributed by atoms with van der Waals surface area (Å²) >= 11 is 0. The largest absolute Gasteiger partial charge is 0.419 e. The quantitative estimate of drug-likeness (QED) is 0.685. The second kappa shape index (κ2) is 4.52. The number of fused-ring (bicyclic) bond motifs is 1. The third-order valence-electron chi connectivity index (χ3n) is 2.74. The first-order chi connectivity index (χ1) is 9.54. The van der Waals surface area contributed by atoms with E-state index in [1.165, 1.54) is 6.33 Å². The molecule has 3 aromatic rings. The summed E-state index contributed by atoms with van der Waals surface area (Å²) in [5, 5.41) is 0.836. The van der Waals surface area contributed by atoms with E-state index in [9.17, 15) is 13.2 Å². The molecule has 3 rings (SSSR count). The number of halogens is 3. The molecule has 7 heteroatoms. The van der Waals surface area contributed by atoms with Gasteiger partial charge in [0.25, 0.3) is 0 Å². The maximum atomic E-state index is 12.4. The molecule has 2 aromatic heterocycles. The molecule has 0 aliphatic heterocycles. The Morgan fingerprint density at radius 2 is 1.65 bits per heavy atom. The topological polar surface area (TPSA) is 51.6 Å². The number of nitrogens with zero attached hydrogens (tertiary/aromatic N) is 4. The molecule has 0 saturated carbocycles. The fourth-order valence-corrected chi connectivity index (χ4v) is 1.74. The molecule has 0 amide bonds. The highest BCUT2D eigenvalue weighted by atomic mass is 19.4. The summed E-state index contributed by atoms with van der Waals surface area (Å²) in [7, 11) is 0. The second-order valence-corrected chi connectivity index (χ2v) is 4.09. The highest BCUT2D eigenvalue weighted by molar-refractivity contribution is 5.82. The summed E-state index contributed by atoms with van der Waals surface area (Å²) in [4.78, 5) is 15.5. The van der Waals surface area contributed by atoms with E-state index in [1.807, 2.05) is 0 Å². The summed E-state index contributed by atoms with van der Waals surface area (Å²) in [5.41, 5.74) is 0.412. The predicted molar refractivity (Wildman–Crippen MR) is 65.6 cm³/mol. The number of aromatic nitrogens is 4. The van der Waals surface area contributed by atoms with Crippen LogP contribution in [0.15, 0.2) is 43.1 Å². The second-order valence-electron chi connectivity index (χ2n) is 4.09. The van der Waals surface area contributed by atoms with Crippen LogP contribution in [0.2, 0.25) is 0 Å². The Hall–Kier alpha value is -2.57. The molecule has 0 unspecified atom stereocenters. The van der Waals surface area contributed by atoms with Crippen molar-refractivity contribution in [2.24, 2.45) is 0 Å². The van der Waals surface area contributed by atoms with Gasteiger partial charge < -0.3 is 0 Å². The van der Waals surface area contributed by atoms with E-state index in [2.05, 4.69) is 19.9 Å². The number of hydrogen-bond donors (Lipinski definition) is 0. The van der Waals surface area contributed by atoms with Gasteiger partial charge in [-0.25, -0.2) is 19.9 Å². The van der Waals surface area contributed by atoms with E-state index < -0.39 is 11.7 Å². The Morgan fingerprint density at radius 1 is 0.900 bits per heavy atom. The molecular weight excluding hydrogens is 269 g/mol. The molecule has 0 N–H and O–H groups in total. The van der Waals surface area contributed by atoms with Gasteiger partial charge in [0.15, 0.2) is 5.82 Å². The molecule has 0 saturated heterocycles. The summed E-state index contributed by atoms with van der Waals surface area (Å²) in [5.74, 6) is 0.221. The van der Waals surface area contributed by atoms with Crippen LogP contribution in [0.5, 0.6) is 0 Å². The van der Waals surface area contributed by atoms with Gasteiger partial charge in [-0.05, 0) is 6.07 Å². The average molecular weight is 276 g/mol. The Bertz CT molecular complexity index is 753. The molecule has 100 valence electrons. The normalized spacial score (nSPS) is 11.8. The summed E-state index contributed by atoms with van der Waals surface area (Å²) in [6, 6.07) is 5.19. The van der Waals surface area contributed by atoms with Crippen molar-refractivity contribution in [1.29, 1.82) is 0 Å². The standard InChI is InChI=1S/C13H7F3N4/c14-13(15,16)10-5-18-12(19-6-10)8-1-2-9-4-17-7-20-11(9)3-8/h1-7H. The molecule has 0 spiro atoms. The van der Waals surface area contributed by atoms with Gasteiger partial charge >= 0.3 is 6.18 Å². The molecule has 0 atom stereocenters.